The molecule has 0 saturated heterocycles. The van der Waals surface area contributed by atoms with Gasteiger partial charge in [-0.15, -0.1) is 0 Å². The van der Waals surface area contributed by atoms with E-state index in [-0.39, 0.29) is 0 Å². The number of aryl methyl sites for hydroxylation is 1. The molecule has 0 aliphatic heterocycles. The van der Waals surface area contributed by atoms with Gasteiger partial charge in [0.2, 0.25) is 0 Å². The van der Waals surface area contributed by atoms with E-state index in [0.717, 1.165) is 43.1 Å². The Morgan fingerprint density at radius 2 is 1.94 bits per heavy atom. The van der Waals surface area contributed by atoms with Crippen LogP contribution in [0, 0.1) is 0 Å². The van der Waals surface area contributed by atoms with Crippen LogP contribution in [0.2, 0.25) is 0 Å². The summed E-state index contributed by atoms with van der Waals surface area (Å²) >= 11 is 0. The predicted octanol–water partition coefficient (Wildman–Crippen LogP) is 3.75. The number of unbranched alkanes of at least 4 members (excludes halogenated alkanes) is 1. The number of aromatic nitrogens is 2. The summed E-state index contributed by atoms with van der Waals surface area (Å²) in [6.07, 6.45) is 6.10. The molecule has 0 aliphatic carbocycles. The SMILES string of the molecule is CCCCOc1ccc(-c2nccn2CC)cc1. The van der Waals surface area contributed by atoms with E-state index >= 15 is 0 Å². The second-order valence-corrected chi connectivity index (χ2v) is 4.26. The predicted molar refractivity (Wildman–Crippen MR) is 73.7 cm³/mol. The van der Waals surface area contributed by atoms with E-state index in [1.165, 1.54) is 0 Å². The zero-order valence-corrected chi connectivity index (χ0v) is 11.1. The van der Waals surface area contributed by atoms with Crippen LogP contribution in [-0.4, -0.2) is 16.2 Å². The molecule has 0 unspecified atom stereocenters. The summed E-state index contributed by atoms with van der Waals surface area (Å²) in [7, 11) is 0. The summed E-state index contributed by atoms with van der Waals surface area (Å²) < 4.78 is 7.78. The molecule has 1 aromatic heterocycles. The Labute approximate surface area is 108 Å². The lowest BCUT2D eigenvalue weighted by molar-refractivity contribution is 0.309. The average Bonchev–Trinajstić information content (AvgIpc) is 2.88. The smallest absolute Gasteiger partial charge is 0.139 e. The van der Waals surface area contributed by atoms with Gasteiger partial charge in [0, 0.05) is 24.5 Å². The Bertz CT molecular complexity index is 473. The third-order valence-electron chi connectivity index (χ3n) is 2.94. The third-order valence-corrected chi connectivity index (χ3v) is 2.94. The van der Waals surface area contributed by atoms with Gasteiger partial charge in [0.1, 0.15) is 11.6 Å². The summed E-state index contributed by atoms with van der Waals surface area (Å²) in [5, 5.41) is 0. The minimum atomic E-state index is 0.791. The van der Waals surface area contributed by atoms with Crippen molar-refractivity contribution in [1.82, 2.24) is 9.55 Å². The quantitative estimate of drug-likeness (QED) is 0.724. The van der Waals surface area contributed by atoms with Crippen molar-refractivity contribution < 1.29 is 4.74 Å². The van der Waals surface area contributed by atoms with Crippen molar-refractivity contribution in [3.05, 3.63) is 36.7 Å². The van der Waals surface area contributed by atoms with Crippen molar-refractivity contribution in [2.75, 3.05) is 6.61 Å². The van der Waals surface area contributed by atoms with Crippen molar-refractivity contribution in [3.8, 4) is 17.1 Å². The Hall–Kier alpha value is -1.77. The molecule has 0 saturated carbocycles. The number of ether oxygens (including phenoxy) is 1. The van der Waals surface area contributed by atoms with Crippen LogP contribution in [0.5, 0.6) is 5.75 Å². The molecule has 0 atom stereocenters. The van der Waals surface area contributed by atoms with E-state index in [0.29, 0.717) is 0 Å². The van der Waals surface area contributed by atoms with Gasteiger partial charge in [0.05, 0.1) is 6.61 Å². The highest BCUT2D eigenvalue weighted by molar-refractivity contribution is 5.56. The Morgan fingerprint density at radius 3 is 2.61 bits per heavy atom. The number of nitrogens with zero attached hydrogens (tertiary/aromatic N) is 2. The molecule has 0 spiro atoms. The maximum atomic E-state index is 5.65. The van der Waals surface area contributed by atoms with Gasteiger partial charge in [-0.2, -0.15) is 0 Å². The summed E-state index contributed by atoms with van der Waals surface area (Å²) in [5.41, 5.74) is 1.13. The standard InChI is InChI=1S/C15H20N2O/c1-3-5-12-18-14-8-6-13(7-9-14)15-16-10-11-17(15)4-2/h6-11H,3-5,12H2,1-2H3. The molecule has 1 aromatic carbocycles. The van der Waals surface area contributed by atoms with E-state index in [9.17, 15) is 0 Å². The molecule has 18 heavy (non-hydrogen) atoms. The molecular formula is C15H20N2O. The number of imidazole rings is 1. The van der Waals surface area contributed by atoms with Gasteiger partial charge in [-0.05, 0) is 37.6 Å². The molecule has 0 radical (unpaired) electrons. The highest BCUT2D eigenvalue weighted by Crippen LogP contribution is 2.21. The zero-order valence-electron chi connectivity index (χ0n) is 11.1. The van der Waals surface area contributed by atoms with Gasteiger partial charge in [-0.25, -0.2) is 4.98 Å². The monoisotopic (exact) mass is 244 g/mol. The maximum absolute atomic E-state index is 5.65. The fourth-order valence-corrected chi connectivity index (χ4v) is 1.86. The normalized spacial score (nSPS) is 10.6. The first kappa shape index (κ1) is 12.7. The van der Waals surface area contributed by atoms with Crippen molar-refractivity contribution in [1.29, 1.82) is 0 Å². The van der Waals surface area contributed by atoms with Gasteiger partial charge in [-0.3, -0.25) is 0 Å². The Morgan fingerprint density at radius 1 is 1.17 bits per heavy atom. The fraction of sp³-hybridized carbons (Fsp3) is 0.400. The first-order valence-corrected chi connectivity index (χ1v) is 6.59. The van der Waals surface area contributed by atoms with Gasteiger partial charge >= 0.3 is 0 Å². The summed E-state index contributed by atoms with van der Waals surface area (Å²) in [4.78, 5) is 4.38. The summed E-state index contributed by atoms with van der Waals surface area (Å²) in [5.74, 6) is 1.94. The van der Waals surface area contributed by atoms with E-state index < -0.39 is 0 Å². The topological polar surface area (TPSA) is 27.1 Å². The third kappa shape index (κ3) is 2.92. The lowest BCUT2D eigenvalue weighted by atomic mass is 10.2. The molecule has 0 bridgehead atoms. The Kier molecular flexibility index (Phi) is 4.40. The molecule has 3 nitrogen and oxygen atoms in total. The minimum Gasteiger partial charge on any atom is -0.494 e. The molecule has 2 rings (SSSR count). The van der Waals surface area contributed by atoms with Crippen LogP contribution in [0.1, 0.15) is 26.7 Å². The second kappa shape index (κ2) is 6.24. The molecule has 0 fully saturated rings. The minimum absolute atomic E-state index is 0.791. The highest BCUT2D eigenvalue weighted by Gasteiger charge is 2.04. The van der Waals surface area contributed by atoms with Gasteiger partial charge in [0.25, 0.3) is 0 Å². The first-order chi connectivity index (χ1) is 8.85. The number of benzene rings is 1. The van der Waals surface area contributed by atoms with Crippen molar-refractivity contribution in [2.45, 2.75) is 33.2 Å². The van der Waals surface area contributed by atoms with Gasteiger partial charge in [0.15, 0.2) is 0 Å². The molecular weight excluding hydrogens is 224 g/mol. The molecule has 2 aromatic rings. The van der Waals surface area contributed by atoms with Crippen LogP contribution < -0.4 is 4.74 Å². The van der Waals surface area contributed by atoms with E-state index in [1.807, 2.05) is 24.5 Å². The molecule has 0 amide bonds. The van der Waals surface area contributed by atoms with Crippen LogP contribution in [0.3, 0.4) is 0 Å². The molecule has 0 aliphatic rings. The van der Waals surface area contributed by atoms with Crippen molar-refractivity contribution in [3.63, 3.8) is 0 Å². The highest BCUT2D eigenvalue weighted by atomic mass is 16.5. The van der Waals surface area contributed by atoms with E-state index in [2.05, 4.69) is 35.5 Å². The van der Waals surface area contributed by atoms with Gasteiger partial charge < -0.3 is 9.30 Å². The average molecular weight is 244 g/mol. The number of rotatable bonds is 6. The van der Waals surface area contributed by atoms with Crippen LogP contribution in [-0.2, 0) is 6.54 Å². The van der Waals surface area contributed by atoms with Gasteiger partial charge in [-0.1, -0.05) is 13.3 Å². The summed E-state index contributed by atoms with van der Waals surface area (Å²) in [6, 6.07) is 8.16. The second-order valence-electron chi connectivity index (χ2n) is 4.26. The lowest BCUT2D eigenvalue weighted by Gasteiger charge is -2.07. The van der Waals surface area contributed by atoms with E-state index in [1.54, 1.807) is 0 Å². The van der Waals surface area contributed by atoms with E-state index in [4.69, 9.17) is 4.74 Å². The number of hydrogen-bond donors (Lipinski definition) is 0. The summed E-state index contributed by atoms with van der Waals surface area (Å²) in [6.45, 7) is 6.01. The van der Waals surface area contributed by atoms with Crippen LogP contribution in [0.25, 0.3) is 11.4 Å². The van der Waals surface area contributed by atoms with Crippen LogP contribution in [0.4, 0.5) is 0 Å². The maximum Gasteiger partial charge on any atom is 0.139 e. The van der Waals surface area contributed by atoms with Crippen molar-refractivity contribution in [2.24, 2.45) is 0 Å². The van der Waals surface area contributed by atoms with Crippen molar-refractivity contribution >= 4 is 0 Å². The number of hydrogen-bond acceptors (Lipinski definition) is 2. The first-order valence-electron chi connectivity index (χ1n) is 6.59. The molecule has 96 valence electrons. The van der Waals surface area contributed by atoms with Crippen LogP contribution in [0.15, 0.2) is 36.7 Å². The molecule has 0 N–H and O–H groups in total. The largest absolute Gasteiger partial charge is 0.494 e. The Balaban J connectivity index is 2.07. The van der Waals surface area contributed by atoms with Crippen LogP contribution >= 0.6 is 0 Å². The fourth-order valence-electron chi connectivity index (χ4n) is 1.86. The molecule has 1 heterocycles. The lowest BCUT2D eigenvalue weighted by Crippen LogP contribution is -1.97. The zero-order chi connectivity index (χ0) is 12.8. The molecule has 3 heteroatoms.